The van der Waals surface area contributed by atoms with Crippen LogP contribution in [-0.4, -0.2) is 41.8 Å². The van der Waals surface area contributed by atoms with Crippen LogP contribution in [0.15, 0.2) is 18.2 Å². The molecule has 102 valence electrons. The van der Waals surface area contributed by atoms with Gasteiger partial charge in [0.15, 0.2) is 6.10 Å². The van der Waals surface area contributed by atoms with Gasteiger partial charge in [-0.1, -0.05) is 18.2 Å². The Hall–Kier alpha value is -1.39. The summed E-state index contributed by atoms with van der Waals surface area (Å²) in [6, 6.07) is 6.69. The van der Waals surface area contributed by atoms with Crippen LogP contribution in [0.2, 0.25) is 0 Å². The fraction of sp³-hybridized carbons (Fsp3) is 0.533. The van der Waals surface area contributed by atoms with Crippen LogP contribution < -0.4 is 0 Å². The van der Waals surface area contributed by atoms with Gasteiger partial charge in [-0.25, -0.2) is 4.79 Å². The number of carbonyl (C=O) groups is 1. The molecule has 1 atom stereocenters. The molecule has 1 aromatic rings. The average Bonchev–Trinajstić information content (AvgIpc) is 2.86. The van der Waals surface area contributed by atoms with Crippen molar-refractivity contribution in [3.8, 4) is 0 Å². The van der Waals surface area contributed by atoms with Crippen molar-refractivity contribution in [2.24, 2.45) is 0 Å². The summed E-state index contributed by atoms with van der Waals surface area (Å²) in [5.74, 6) is -0.862. The summed E-state index contributed by atoms with van der Waals surface area (Å²) in [6.45, 7) is 2.61. The van der Waals surface area contributed by atoms with E-state index in [2.05, 4.69) is 23.1 Å². The van der Waals surface area contributed by atoms with E-state index >= 15 is 0 Å². The van der Waals surface area contributed by atoms with Crippen molar-refractivity contribution >= 4 is 5.97 Å². The Morgan fingerprint density at radius 2 is 2.21 bits per heavy atom. The first kappa shape index (κ1) is 12.6. The van der Waals surface area contributed by atoms with E-state index in [1.807, 2.05) is 0 Å². The molecule has 3 rings (SSSR count). The Bertz CT molecular complexity index is 486. The second-order valence-corrected chi connectivity index (χ2v) is 5.39. The van der Waals surface area contributed by atoms with Gasteiger partial charge in [0, 0.05) is 19.6 Å². The Morgan fingerprint density at radius 3 is 3.05 bits per heavy atom. The molecule has 1 aliphatic carbocycles. The molecule has 1 N–H and O–H groups in total. The number of ether oxygens (including phenoxy) is 1. The maximum Gasteiger partial charge on any atom is 0.334 e. The molecular weight excluding hydrogens is 242 g/mol. The fourth-order valence-electron chi connectivity index (χ4n) is 2.98. The first-order chi connectivity index (χ1) is 9.22. The molecule has 0 spiro atoms. The molecule has 0 radical (unpaired) electrons. The highest BCUT2D eigenvalue weighted by Crippen LogP contribution is 2.23. The second-order valence-electron chi connectivity index (χ2n) is 5.39. The van der Waals surface area contributed by atoms with Crippen LogP contribution in [0.4, 0.5) is 0 Å². The topological polar surface area (TPSA) is 49.8 Å². The number of carboxylic acids is 1. The molecule has 19 heavy (non-hydrogen) atoms. The van der Waals surface area contributed by atoms with E-state index in [1.165, 1.54) is 36.0 Å². The van der Waals surface area contributed by atoms with Gasteiger partial charge in [-0.05, 0) is 36.0 Å². The van der Waals surface area contributed by atoms with Crippen molar-refractivity contribution in [1.29, 1.82) is 0 Å². The van der Waals surface area contributed by atoms with Gasteiger partial charge in [-0.2, -0.15) is 0 Å². The van der Waals surface area contributed by atoms with Crippen molar-refractivity contribution < 1.29 is 14.6 Å². The largest absolute Gasteiger partial charge is 0.479 e. The first-order valence-electron chi connectivity index (χ1n) is 6.90. The molecule has 1 aliphatic heterocycles. The lowest BCUT2D eigenvalue weighted by atomic mass is 10.1. The van der Waals surface area contributed by atoms with Gasteiger partial charge in [0.2, 0.25) is 0 Å². The van der Waals surface area contributed by atoms with Gasteiger partial charge in [0.05, 0.1) is 6.61 Å². The van der Waals surface area contributed by atoms with E-state index in [-0.39, 0.29) is 0 Å². The van der Waals surface area contributed by atoms with Gasteiger partial charge in [-0.3, -0.25) is 4.90 Å². The molecule has 0 amide bonds. The van der Waals surface area contributed by atoms with Crippen molar-refractivity contribution in [1.82, 2.24) is 4.90 Å². The summed E-state index contributed by atoms with van der Waals surface area (Å²) in [7, 11) is 0. The summed E-state index contributed by atoms with van der Waals surface area (Å²) in [5.41, 5.74) is 4.24. The minimum atomic E-state index is -0.862. The lowest BCUT2D eigenvalue weighted by Gasteiger charge is -2.30. The predicted octanol–water partition coefficient (Wildman–Crippen LogP) is 1.46. The molecule has 0 bridgehead atoms. The smallest absolute Gasteiger partial charge is 0.334 e. The van der Waals surface area contributed by atoms with Crippen LogP contribution >= 0.6 is 0 Å². The molecule has 1 saturated heterocycles. The number of fused-ring (bicyclic) bond motifs is 1. The van der Waals surface area contributed by atoms with Gasteiger partial charge in [0.1, 0.15) is 0 Å². The van der Waals surface area contributed by atoms with Crippen LogP contribution in [-0.2, 0) is 28.9 Å². The summed E-state index contributed by atoms with van der Waals surface area (Å²) >= 11 is 0. The number of aliphatic carboxylic acids is 1. The molecule has 0 saturated carbocycles. The Morgan fingerprint density at radius 1 is 1.37 bits per heavy atom. The standard InChI is InChI=1S/C15H19NO3/c17-15(18)14-10-16(6-7-19-14)9-11-4-5-12-2-1-3-13(12)8-11/h4-5,8,14H,1-3,6-7,9-10H2,(H,17,18). The number of hydrogen-bond acceptors (Lipinski definition) is 3. The fourth-order valence-corrected chi connectivity index (χ4v) is 2.98. The van der Waals surface area contributed by atoms with Crippen molar-refractivity contribution in [3.05, 3.63) is 34.9 Å². The minimum absolute atomic E-state index is 0.479. The van der Waals surface area contributed by atoms with Crippen LogP contribution in [0, 0.1) is 0 Å². The Labute approximate surface area is 113 Å². The lowest BCUT2D eigenvalue weighted by molar-refractivity contribution is -0.156. The molecule has 1 unspecified atom stereocenters. The number of hydrogen-bond donors (Lipinski definition) is 1. The van der Waals surface area contributed by atoms with Crippen molar-refractivity contribution in [3.63, 3.8) is 0 Å². The summed E-state index contributed by atoms with van der Waals surface area (Å²) in [4.78, 5) is 13.1. The van der Waals surface area contributed by atoms with Crippen LogP contribution in [0.25, 0.3) is 0 Å². The van der Waals surface area contributed by atoms with E-state index in [0.717, 1.165) is 13.1 Å². The van der Waals surface area contributed by atoms with Crippen molar-refractivity contribution in [2.75, 3.05) is 19.7 Å². The van der Waals surface area contributed by atoms with Crippen molar-refractivity contribution in [2.45, 2.75) is 31.9 Å². The number of nitrogens with zero attached hydrogens (tertiary/aromatic N) is 1. The first-order valence-corrected chi connectivity index (χ1v) is 6.90. The van der Waals surface area contributed by atoms with Crippen LogP contribution in [0.5, 0.6) is 0 Å². The zero-order chi connectivity index (χ0) is 13.2. The maximum atomic E-state index is 11.0. The zero-order valence-corrected chi connectivity index (χ0v) is 11.0. The Kier molecular flexibility index (Phi) is 3.53. The third-order valence-corrected chi connectivity index (χ3v) is 4.00. The van der Waals surface area contributed by atoms with E-state index in [9.17, 15) is 4.79 Å². The van der Waals surface area contributed by atoms with Gasteiger partial charge in [-0.15, -0.1) is 0 Å². The second kappa shape index (κ2) is 5.31. The Balaban J connectivity index is 1.66. The summed E-state index contributed by atoms with van der Waals surface area (Å²) in [5, 5.41) is 9.00. The molecule has 4 heteroatoms. The van der Waals surface area contributed by atoms with E-state index in [1.54, 1.807) is 0 Å². The molecule has 0 aromatic heterocycles. The monoisotopic (exact) mass is 261 g/mol. The van der Waals surface area contributed by atoms with E-state index in [4.69, 9.17) is 9.84 Å². The number of carboxylic acid groups (broad SMARTS) is 1. The number of aryl methyl sites for hydroxylation is 2. The predicted molar refractivity (Wildman–Crippen MR) is 71.1 cm³/mol. The van der Waals surface area contributed by atoms with Gasteiger partial charge < -0.3 is 9.84 Å². The molecule has 2 aliphatic rings. The van der Waals surface area contributed by atoms with Gasteiger partial charge in [0.25, 0.3) is 0 Å². The quantitative estimate of drug-likeness (QED) is 0.895. The molecule has 1 heterocycles. The highest BCUT2D eigenvalue weighted by Gasteiger charge is 2.26. The number of morpholine rings is 1. The van der Waals surface area contributed by atoms with Gasteiger partial charge >= 0.3 is 5.97 Å². The number of benzene rings is 1. The average molecular weight is 261 g/mol. The minimum Gasteiger partial charge on any atom is -0.479 e. The summed E-state index contributed by atoms with van der Waals surface area (Å²) in [6.07, 6.45) is 2.97. The lowest BCUT2D eigenvalue weighted by Crippen LogP contribution is -2.45. The highest BCUT2D eigenvalue weighted by atomic mass is 16.5. The molecule has 4 nitrogen and oxygen atoms in total. The van der Waals surface area contributed by atoms with E-state index in [0.29, 0.717) is 13.2 Å². The highest BCUT2D eigenvalue weighted by molar-refractivity contribution is 5.72. The SMILES string of the molecule is O=C(O)C1CN(Cc2ccc3c(c2)CCC3)CCO1. The third kappa shape index (κ3) is 2.80. The molecular formula is C15H19NO3. The normalized spacial score (nSPS) is 23.3. The maximum absolute atomic E-state index is 11.0. The zero-order valence-electron chi connectivity index (χ0n) is 11.0. The van der Waals surface area contributed by atoms with Crippen LogP contribution in [0.3, 0.4) is 0 Å². The summed E-state index contributed by atoms with van der Waals surface area (Å²) < 4.78 is 5.24. The third-order valence-electron chi connectivity index (χ3n) is 4.00. The molecule has 1 aromatic carbocycles. The van der Waals surface area contributed by atoms with E-state index < -0.39 is 12.1 Å². The number of rotatable bonds is 3. The van der Waals surface area contributed by atoms with Crippen LogP contribution in [0.1, 0.15) is 23.1 Å². The molecule has 1 fully saturated rings.